The summed E-state index contributed by atoms with van der Waals surface area (Å²) < 4.78 is 40.5. The number of nitrogens with two attached hydrogens (primary N) is 1. The summed E-state index contributed by atoms with van der Waals surface area (Å²) in [5.74, 6) is -0.101. The van der Waals surface area contributed by atoms with E-state index in [9.17, 15) is 13.2 Å². The summed E-state index contributed by atoms with van der Waals surface area (Å²) in [6, 6.07) is 2.78. The van der Waals surface area contributed by atoms with Crippen molar-refractivity contribution in [2.45, 2.75) is 32.0 Å². The van der Waals surface area contributed by atoms with Crippen molar-refractivity contribution in [1.29, 1.82) is 5.41 Å². The Balaban J connectivity index is 0.000000550. The van der Waals surface area contributed by atoms with Crippen molar-refractivity contribution in [2.75, 3.05) is 5.73 Å². The molecule has 2 rings (SSSR count). The molecule has 0 atom stereocenters. The van der Waals surface area contributed by atoms with Crippen molar-refractivity contribution >= 4 is 11.8 Å². The van der Waals surface area contributed by atoms with Crippen LogP contribution in [0.5, 0.6) is 5.75 Å². The number of hydrogen-bond acceptors (Lipinski definition) is 4. The predicted octanol–water partition coefficient (Wildman–Crippen LogP) is 2.95. The molecule has 7 heteroatoms. The number of isocyanates is 1. The van der Waals surface area contributed by atoms with E-state index < -0.39 is 6.36 Å². The van der Waals surface area contributed by atoms with Gasteiger partial charge >= 0.3 is 6.36 Å². The minimum atomic E-state index is -4.64. The van der Waals surface area contributed by atoms with Gasteiger partial charge < -0.3 is 10.5 Å². The third kappa shape index (κ3) is 4.30. The number of alkyl halides is 3. The van der Waals surface area contributed by atoms with Crippen molar-refractivity contribution < 1.29 is 22.7 Å². The highest BCUT2D eigenvalue weighted by molar-refractivity contribution is 5.57. The molecule has 0 aromatic heterocycles. The van der Waals surface area contributed by atoms with E-state index in [4.69, 9.17) is 15.9 Å². The van der Waals surface area contributed by atoms with Gasteiger partial charge in [-0.2, -0.15) is 0 Å². The number of halogens is 3. The molecule has 0 unspecified atom stereocenters. The van der Waals surface area contributed by atoms with Gasteiger partial charge in [0.2, 0.25) is 6.08 Å². The first-order valence-corrected chi connectivity index (χ1v) is 5.59. The van der Waals surface area contributed by atoms with Crippen LogP contribution in [0.4, 0.5) is 18.9 Å². The summed E-state index contributed by atoms with van der Waals surface area (Å²) in [6.07, 6.45) is -0.708. The average Bonchev–Trinajstić information content (AvgIpc) is 2.33. The summed E-state index contributed by atoms with van der Waals surface area (Å²) >= 11 is 0. The first kappa shape index (κ1) is 15.0. The second kappa shape index (κ2) is 6.24. The van der Waals surface area contributed by atoms with Gasteiger partial charge in [0.25, 0.3) is 0 Å². The third-order valence-electron chi connectivity index (χ3n) is 2.75. The van der Waals surface area contributed by atoms with Gasteiger partial charge in [0.15, 0.2) is 0 Å². The zero-order valence-corrected chi connectivity index (χ0v) is 10.0. The molecule has 1 aliphatic rings. The van der Waals surface area contributed by atoms with Gasteiger partial charge in [-0.3, -0.25) is 0 Å². The first-order valence-electron chi connectivity index (χ1n) is 5.59. The van der Waals surface area contributed by atoms with E-state index in [0.29, 0.717) is 17.7 Å². The highest BCUT2D eigenvalue weighted by Crippen LogP contribution is 2.35. The molecule has 0 bridgehead atoms. The number of nitrogen functional groups attached to an aromatic ring is 1. The second-order valence-corrected chi connectivity index (χ2v) is 3.97. The van der Waals surface area contributed by atoms with Gasteiger partial charge in [-0.05, 0) is 48.9 Å². The van der Waals surface area contributed by atoms with Crippen LogP contribution in [0.1, 0.15) is 24.0 Å². The first-order chi connectivity index (χ1) is 8.89. The molecule has 1 aliphatic carbocycles. The van der Waals surface area contributed by atoms with Gasteiger partial charge in [-0.25, -0.2) is 10.2 Å². The molecule has 0 saturated carbocycles. The molecule has 0 heterocycles. The topological polar surface area (TPSA) is 76.2 Å². The quantitative estimate of drug-likeness (QED) is 0.469. The maximum absolute atomic E-state index is 12.2. The van der Waals surface area contributed by atoms with Crippen LogP contribution in [-0.2, 0) is 17.6 Å². The minimum absolute atomic E-state index is 0.101. The maximum atomic E-state index is 12.2. The predicted molar refractivity (Wildman–Crippen MR) is 62.6 cm³/mol. The SMILES string of the molecule is N=C=O.Nc1ccc(OC(F)(F)F)c2c1CCCC2. The highest BCUT2D eigenvalue weighted by atomic mass is 19.4. The Morgan fingerprint density at radius 2 is 1.74 bits per heavy atom. The van der Waals surface area contributed by atoms with Crippen molar-refractivity contribution in [2.24, 2.45) is 0 Å². The summed E-state index contributed by atoms with van der Waals surface area (Å²) in [7, 11) is 0. The number of benzene rings is 1. The van der Waals surface area contributed by atoms with Gasteiger partial charge in [0, 0.05) is 5.69 Å². The van der Waals surface area contributed by atoms with Crippen molar-refractivity contribution in [1.82, 2.24) is 0 Å². The standard InChI is InChI=1S/C11H12F3NO.CHNO/c12-11(13,14)16-10-6-5-9(15)7-3-1-2-4-8(7)10;2-1-3/h5-6H,1-4,15H2;2H. The van der Waals surface area contributed by atoms with Crippen LogP contribution in [0.25, 0.3) is 0 Å². The lowest BCUT2D eigenvalue weighted by Gasteiger charge is -2.21. The monoisotopic (exact) mass is 274 g/mol. The molecule has 0 fully saturated rings. The Morgan fingerprint density at radius 3 is 2.26 bits per heavy atom. The van der Waals surface area contributed by atoms with Gasteiger partial charge in [-0.1, -0.05) is 0 Å². The van der Waals surface area contributed by atoms with E-state index in [-0.39, 0.29) is 5.75 Å². The average molecular weight is 274 g/mol. The molecular weight excluding hydrogens is 261 g/mol. The number of ether oxygens (including phenoxy) is 1. The van der Waals surface area contributed by atoms with Crippen LogP contribution >= 0.6 is 0 Å². The van der Waals surface area contributed by atoms with E-state index in [1.165, 1.54) is 12.1 Å². The smallest absolute Gasteiger partial charge is 0.405 e. The van der Waals surface area contributed by atoms with E-state index in [1.807, 2.05) is 0 Å². The number of rotatable bonds is 1. The Morgan fingerprint density at radius 1 is 1.21 bits per heavy atom. The maximum Gasteiger partial charge on any atom is 0.573 e. The lowest BCUT2D eigenvalue weighted by molar-refractivity contribution is -0.274. The Kier molecular flexibility index (Phi) is 4.94. The third-order valence-corrected chi connectivity index (χ3v) is 2.75. The van der Waals surface area contributed by atoms with Crippen molar-refractivity contribution in [3.63, 3.8) is 0 Å². The van der Waals surface area contributed by atoms with Crippen molar-refractivity contribution in [3.8, 4) is 5.75 Å². The number of anilines is 1. The number of carbonyl (C=O) groups excluding carboxylic acids is 1. The number of fused-ring (bicyclic) bond motifs is 1. The highest BCUT2D eigenvalue weighted by Gasteiger charge is 2.33. The second-order valence-electron chi connectivity index (χ2n) is 3.97. The van der Waals surface area contributed by atoms with Gasteiger partial charge in [0.1, 0.15) is 5.75 Å². The molecule has 1 aromatic carbocycles. The van der Waals surface area contributed by atoms with Crippen LogP contribution in [-0.4, -0.2) is 12.4 Å². The Hall–Kier alpha value is -2.01. The van der Waals surface area contributed by atoms with E-state index >= 15 is 0 Å². The van der Waals surface area contributed by atoms with Gasteiger partial charge in [0.05, 0.1) is 0 Å². The lowest BCUT2D eigenvalue weighted by atomic mass is 9.90. The molecule has 4 nitrogen and oxygen atoms in total. The molecule has 1 aromatic rings. The Labute approximate surface area is 107 Å². The normalized spacial score (nSPS) is 13.6. The summed E-state index contributed by atoms with van der Waals surface area (Å²) in [4.78, 5) is 8.35. The van der Waals surface area contributed by atoms with E-state index in [0.717, 1.165) is 30.9 Å². The van der Waals surface area contributed by atoms with Crippen LogP contribution < -0.4 is 10.5 Å². The minimum Gasteiger partial charge on any atom is -0.405 e. The van der Waals surface area contributed by atoms with Crippen molar-refractivity contribution in [3.05, 3.63) is 23.3 Å². The molecule has 104 valence electrons. The molecule has 3 N–H and O–H groups in total. The lowest BCUT2D eigenvalue weighted by Crippen LogP contribution is -2.19. The summed E-state index contributed by atoms with van der Waals surface area (Å²) in [5, 5.41) is 5.40. The molecule has 0 amide bonds. The molecule has 0 aliphatic heterocycles. The van der Waals surface area contributed by atoms with Crippen LogP contribution in [0, 0.1) is 5.41 Å². The fourth-order valence-corrected chi connectivity index (χ4v) is 2.08. The fourth-order valence-electron chi connectivity index (χ4n) is 2.08. The number of nitrogens with one attached hydrogen (secondary N) is 1. The van der Waals surface area contributed by atoms with Crippen LogP contribution in [0.15, 0.2) is 12.1 Å². The zero-order chi connectivity index (χ0) is 14.5. The van der Waals surface area contributed by atoms with Gasteiger partial charge in [-0.15, -0.1) is 13.2 Å². The largest absolute Gasteiger partial charge is 0.573 e. The molecule has 0 spiro atoms. The number of hydrogen-bond donors (Lipinski definition) is 2. The van der Waals surface area contributed by atoms with E-state index in [1.54, 1.807) is 0 Å². The van der Waals surface area contributed by atoms with E-state index in [2.05, 4.69) is 4.74 Å². The molecule has 0 radical (unpaired) electrons. The fraction of sp³-hybridized carbons (Fsp3) is 0.417. The summed E-state index contributed by atoms with van der Waals surface area (Å²) in [6.45, 7) is 0. The zero-order valence-electron chi connectivity index (χ0n) is 10.0. The molecular formula is C12H13F3N2O2. The molecule has 0 saturated heterocycles. The van der Waals surface area contributed by atoms with Crippen LogP contribution in [0.3, 0.4) is 0 Å². The Bertz CT molecular complexity index is 481. The molecule has 19 heavy (non-hydrogen) atoms. The van der Waals surface area contributed by atoms with Crippen LogP contribution in [0.2, 0.25) is 0 Å². The summed E-state index contributed by atoms with van der Waals surface area (Å²) in [5.41, 5.74) is 7.72.